The van der Waals surface area contributed by atoms with E-state index in [1.807, 2.05) is 24.3 Å². The molecule has 0 N–H and O–H groups in total. The van der Waals surface area contributed by atoms with Crippen molar-refractivity contribution in [1.29, 1.82) is 0 Å². The molecular formula is C17H17NO3. The van der Waals surface area contributed by atoms with Crippen LogP contribution in [0.5, 0.6) is 11.5 Å². The molecule has 108 valence electrons. The number of aromatic nitrogens is 1. The molecule has 4 nitrogen and oxygen atoms in total. The first-order chi connectivity index (χ1) is 10.3. The Hall–Kier alpha value is -2.75. The molecule has 1 heterocycles. The van der Waals surface area contributed by atoms with E-state index in [2.05, 4.69) is 0 Å². The second-order valence-electron chi connectivity index (χ2n) is 4.22. The van der Waals surface area contributed by atoms with Gasteiger partial charge in [0.25, 0.3) is 5.91 Å². The van der Waals surface area contributed by atoms with Crippen molar-refractivity contribution in [2.75, 3.05) is 14.2 Å². The van der Waals surface area contributed by atoms with E-state index in [0.29, 0.717) is 0 Å². The van der Waals surface area contributed by atoms with E-state index in [0.717, 1.165) is 17.1 Å². The van der Waals surface area contributed by atoms with E-state index in [1.54, 1.807) is 50.9 Å². The van der Waals surface area contributed by atoms with Crippen molar-refractivity contribution in [2.24, 2.45) is 0 Å². The van der Waals surface area contributed by atoms with Crippen LogP contribution in [0.4, 0.5) is 0 Å². The molecule has 21 heavy (non-hydrogen) atoms. The van der Waals surface area contributed by atoms with E-state index in [1.165, 1.54) is 10.6 Å². The molecule has 1 aromatic heterocycles. The van der Waals surface area contributed by atoms with Gasteiger partial charge in [-0.3, -0.25) is 9.36 Å². The molecule has 0 spiro atoms. The van der Waals surface area contributed by atoms with Crippen LogP contribution in [-0.2, 0) is 0 Å². The molecule has 1 aromatic carbocycles. The first-order valence-corrected chi connectivity index (χ1v) is 6.49. The summed E-state index contributed by atoms with van der Waals surface area (Å²) in [4.78, 5) is 11.8. The van der Waals surface area contributed by atoms with E-state index >= 15 is 0 Å². The highest BCUT2D eigenvalue weighted by atomic mass is 16.5. The fourth-order valence-electron chi connectivity index (χ4n) is 1.90. The Morgan fingerprint density at radius 3 is 2.19 bits per heavy atom. The molecular weight excluding hydrogens is 266 g/mol. The molecule has 0 saturated heterocycles. The quantitative estimate of drug-likeness (QED) is 0.623. The number of ether oxygens (including phenoxy) is 2. The SMILES string of the molecule is COc1cccc(OC)c1/C=C/C=C/C(=O)n1cccc1. The van der Waals surface area contributed by atoms with Crippen molar-refractivity contribution in [1.82, 2.24) is 4.57 Å². The molecule has 4 heteroatoms. The first-order valence-electron chi connectivity index (χ1n) is 6.49. The Labute approximate surface area is 123 Å². The second-order valence-corrected chi connectivity index (χ2v) is 4.22. The molecule has 2 rings (SSSR count). The molecule has 2 aromatic rings. The zero-order valence-electron chi connectivity index (χ0n) is 12.0. The number of methoxy groups -OCH3 is 2. The predicted molar refractivity (Wildman–Crippen MR) is 82.8 cm³/mol. The fourth-order valence-corrected chi connectivity index (χ4v) is 1.90. The van der Waals surface area contributed by atoms with E-state index in [4.69, 9.17) is 9.47 Å². The van der Waals surface area contributed by atoms with Gasteiger partial charge in [-0.05, 0) is 30.3 Å². The van der Waals surface area contributed by atoms with Gasteiger partial charge in [-0.2, -0.15) is 0 Å². The summed E-state index contributed by atoms with van der Waals surface area (Å²) in [5, 5.41) is 0. The van der Waals surface area contributed by atoms with Crippen LogP contribution in [0.25, 0.3) is 6.08 Å². The summed E-state index contributed by atoms with van der Waals surface area (Å²) in [6.07, 6.45) is 10.2. The number of hydrogen-bond donors (Lipinski definition) is 0. The van der Waals surface area contributed by atoms with Gasteiger partial charge in [0.15, 0.2) is 0 Å². The van der Waals surface area contributed by atoms with Gasteiger partial charge in [-0.25, -0.2) is 0 Å². The lowest BCUT2D eigenvalue weighted by molar-refractivity contribution is 0.0969. The highest BCUT2D eigenvalue weighted by Crippen LogP contribution is 2.29. The minimum Gasteiger partial charge on any atom is -0.496 e. The molecule has 0 aliphatic heterocycles. The third-order valence-electron chi connectivity index (χ3n) is 2.94. The van der Waals surface area contributed by atoms with Crippen LogP contribution in [0.15, 0.2) is 61.0 Å². The minimum atomic E-state index is -0.100. The van der Waals surface area contributed by atoms with Crippen molar-refractivity contribution >= 4 is 12.0 Å². The van der Waals surface area contributed by atoms with Gasteiger partial charge < -0.3 is 9.47 Å². The van der Waals surface area contributed by atoms with Crippen molar-refractivity contribution in [3.8, 4) is 11.5 Å². The normalized spacial score (nSPS) is 11.1. The number of rotatable bonds is 5. The number of hydrogen-bond acceptors (Lipinski definition) is 3. The highest BCUT2D eigenvalue weighted by Gasteiger charge is 2.05. The minimum absolute atomic E-state index is 0.100. The summed E-state index contributed by atoms with van der Waals surface area (Å²) >= 11 is 0. The maximum absolute atomic E-state index is 11.8. The smallest absolute Gasteiger partial charge is 0.254 e. The number of benzene rings is 1. The Morgan fingerprint density at radius 2 is 1.62 bits per heavy atom. The third-order valence-corrected chi connectivity index (χ3v) is 2.94. The molecule has 0 fully saturated rings. The summed E-state index contributed by atoms with van der Waals surface area (Å²) in [5.41, 5.74) is 0.834. The van der Waals surface area contributed by atoms with E-state index < -0.39 is 0 Å². The van der Waals surface area contributed by atoms with Crippen LogP contribution < -0.4 is 9.47 Å². The molecule has 0 bridgehead atoms. The molecule has 0 atom stereocenters. The number of carbonyl (C=O) groups is 1. The Kier molecular flexibility index (Phi) is 4.99. The van der Waals surface area contributed by atoms with Crippen LogP contribution in [0.1, 0.15) is 10.4 Å². The summed E-state index contributed by atoms with van der Waals surface area (Å²) in [5.74, 6) is 1.34. The monoisotopic (exact) mass is 283 g/mol. The fraction of sp³-hybridized carbons (Fsp3) is 0.118. The molecule has 0 amide bonds. The number of allylic oxidation sites excluding steroid dienone is 3. The average molecular weight is 283 g/mol. The summed E-state index contributed by atoms with van der Waals surface area (Å²) in [7, 11) is 3.22. The van der Waals surface area contributed by atoms with E-state index in [9.17, 15) is 4.79 Å². The van der Waals surface area contributed by atoms with Crippen molar-refractivity contribution in [2.45, 2.75) is 0 Å². The summed E-state index contributed by atoms with van der Waals surface area (Å²) < 4.78 is 12.1. The molecule has 0 aliphatic carbocycles. The molecule has 0 saturated carbocycles. The van der Waals surface area contributed by atoms with Crippen molar-refractivity contribution in [3.05, 3.63) is 66.5 Å². The zero-order valence-corrected chi connectivity index (χ0v) is 12.0. The average Bonchev–Trinajstić information content (AvgIpc) is 3.05. The van der Waals surface area contributed by atoms with Crippen LogP contribution in [0.2, 0.25) is 0 Å². The van der Waals surface area contributed by atoms with Gasteiger partial charge >= 0.3 is 0 Å². The maximum atomic E-state index is 11.8. The third kappa shape index (κ3) is 3.63. The molecule has 0 unspecified atom stereocenters. The number of nitrogens with zero attached hydrogens (tertiary/aromatic N) is 1. The van der Waals surface area contributed by atoms with Gasteiger partial charge in [-0.1, -0.05) is 18.2 Å². The molecule has 0 aliphatic rings. The summed E-state index contributed by atoms with van der Waals surface area (Å²) in [6, 6.07) is 9.19. The number of carbonyl (C=O) groups excluding carboxylic acids is 1. The van der Waals surface area contributed by atoms with Crippen LogP contribution in [0, 0.1) is 0 Å². The highest BCUT2D eigenvalue weighted by molar-refractivity contribution is 5.90. The predicted octanol–water partition coefficient (Wildman–Crippen LogP) is 3.42. The topological polar surface area (TPSA) is 40.5 Å². The van der Waals surface area contributed by atoms with Gasteiger partial charge in [0, 0.05) is 18.5 Å². The van der Waals surface area contributed by atoms with Crippen molar-refractivity contribution in [3.63, 3.8) is 0 Å². The summed E-state index contributed by atoms with van der Waals surface area (Å²) in [6.45, 7) is 0. The van der Waals surface area contributed by atoms with Gasteiger partial charge in [0.2, 0.25) is 0 Å². The Morgan fingerprint density at radius 1 is 1.00 bits per heavy atom. The lowest BCUT2D eigenvalue weighted by Crippen LogP contribution is -2.02. The van der Waals surface area contributed by atoms with Gasteiger partial charge in [0.1, 0.15) is 11.5 Å². The van der Waals surface area contributed by atoms with Crippen LogP contribution >= 0.6 is 0 Å². The second kappa shape index (κ2) is 7.14. The van der Waals surface area contributed by atoms with Gasteiger partial charge in [-0.15, -0.1) is 0 Å². The lowest BCUT2D eigenvalue weighted by atomic mass is 10.1. The lowest BCUT2D eigenvalue weighted by Gasteiger charge is -2.09. The largest absolute Gasteiger partial charge is 0.496 e. The Balaban J connectivity index is 2.13. The first kappa shape index (κ1) is 14.7. The standard InChI is InChI=1S/C17H17NO3/c1-20-15-9-7-10-16(21-2)14(15)8-3-4-11-17(19)18-12-5-6-13-18/h3-13H,1-2H3/b8-3+,11-4+. The van der Waals surface area contributed by atoms with E-state index in [-0.39, 0.29) is 5.91 Å². The maximum Gasteiger partial charge on any atom is 0.254 e. The zero-order chi connectivity index (χ0) is 15.1. The van der Waals surface area contributed by atoms with Gasteiger partial charge in [0.05, 0.1) is 19.8 Å². The Bertz CT molecular complexity index is 632. The van der Waals surface area contributed by atoms with Crippen LogP contribution in [-0.4, -0.2) is 24.7 Å². The van der Waals surface area contributed by atoms with Crippen molar-refractivity contribution < 1.29 is 14.3 Å². The molecule has 0 radical (unpaired) electrons. The van der Waals surface area contributed by atoms with Crippen LogP contribution in [0.3, 0.4) is 0 Å².